The molecular weight excluding hydrogens is 244 g/mol. The van der Waals surface area contributed by atoms with Gasteiger partial charge in [0.1, 0.15) is 5.76 Å². The van der Waals surface area contributed by atoms with Crippen molar-refractivity contribution in [2.24, 2.45) is 5.41 Å². The first-order chi connectivity index (χ1) is 8.39. The third kappa shape index (κ3) is 3.09. The predicted molar refractivity (Wildman–Crippen MR) is 77.0 cm³/mol. The van der Waals surface area contributed by atoms with Crippen molar-refractivity contribution in [3.05, 3.63) is 17.0 Å². The molecule has 2 unspecified atom stereocenters. The molecule has 1 aromatic heterocycles. The molecule has 0 saturated carbocycles. The van der Waals surface area contributed by atoms with Gasteiger partial charge in [0.25, 0.3) is 0 Å². The van der Waals surface area contributed by atoms with Crippen LogP contribution in [0, 0.1) is 19.3 Å². The molecule has 0 aromatic carbocycles. The van der Waals surface area contributed by atoms with Gasteiger partial charge in [0.2, 0.25) is 0 Å². The standard InChI is InChI=1S/C14H24N2OS/c1-9(13-10(2)16-17-11(13)3)15-12-6-14(4,5)8-18-7-12/h9,12,15H,6-8H2,1-5H3. The van der Waals surface area contributed by atoms with Gasteiger partial charge in [-0.3, -0.25) is 0 Å². The lowest BCUT2D eigenvalue weighted by molar-refractivity contribution is 0.304. The van der Waals surface area contributed by atoms with Crippen molar-refractivity contribution < 1.29 is 4.52 Å². The van der Waals surface area contributed by atoms with Crippen molar-refractivity contribution in [3.63, 3.8) is 0 Å². The largest absolute Gasteiger partial charge is 0.361 e. The van der Waals surface area contributed by atoms with Crippen LogP contribution in [0.1, 0.15) is 50.3 Å². The third-order valence-electron chi connectivity index (χ3n) is 3.62. The zero-order valence-corrected chi connectivity index (χ0v) is 12.9. The van der Waals surface area contributed by atoms with E-state index in [0.29, 0.717) is 17.5 Å². The highest BCUT2D eigenvalue weighted by atomic mass is 32.2. The lowest BCUT2D eigenvalue weighted by Gasteiger charge is -2.36. The SMILES string of the molecule is Cc1noc(C)c1C(C)NC1CSCC(C)(C)C1. The fourth-order valence-electron chi connectivity index (χ4n) is 2.91. The summed E-state index contributed by atoms with van der Waals surface area (Å²) in [5.41, 5.74) is 2.68. The van der Waals surface area contributed by atoms with E-state index in [1.165, 1.54) is 23.5 Å². The number of aryl methyl sites for hydroxylation is 2. The first-order valence-corrected chi connectivity index (χ1v) is 7.81. The summed E-state index contributed by atoms with van der Waals surface area (Å²) < 4.78 is 5.25. The van der Waals surface area contributed by atoms with E-state index in [0.717, 1.165) is 11.5 Å². The minimum atomic E-state index is 0.316. The zero-order chi connectivity index (χ0) is 13.3. The minimum absolute atomic E-state index is 0.316. The number of hydrogen-bond acceptors (Lipinski definition) is 4. The maximum absolute atomic E-state index is 5.25. The second-order valence-corrected chi connectivity index (χ2v) is 7.24. The summed E-state index contributed by atoms with van der Waals surface area (Å²) in [5.74, 6) is 3.41. The molecule has 0 aliphatic carbocycles. The average Bonchev–Trinajstić information content (AvgIpc) is 2.57. The zero-order valence-electron chi connectivity index (χ0n) is 12.0. The maximum Gasteiger partial charge on any atom is 0.138 e. The van der Waals surface area contributed by atoms with E-state index in [2.05, 4.69) is 43.0 Å². The number of thioether (sulfide) groups is 1. The smallest absolute Gasteiger partial charge is 0.138 e. The molecule has 1 aromatic rings. The van der Waals surface area contributed by atoms with E-state index in [4.69, 9.17) is 4.52 Å². The molecule has 0 spiro atoms. The Balaban J connectivity index is 2.01. The van der Waals surface area contributed by atoms with Gasteiger partial charge in [0.15, 0.2) is 0 Å². The summed E-state index contributed by atoms with van der Waals surface area (Å²) in [5, 5.41) is 7.78. The Hall–Kier alpha value is -0.480. The molecule has 0 amide bonds. The first kappa shape index (κ1) is 13.9. The molecule has 18 heavy (non-hydrogen) atoms. The second-order valence-electron chi connectivity index (χ2n) is 6.21. The van der Waals surface area contributed by atoms with Gasteiger partial charge < -0.3 is 9.84 Å². The van der Waals surface area contributed by atoms with Crippen molar-refractivity contribution in [1.29, 1.82) is 0 Å². The van der Waals surface area contributed by atoms with Gasteiger partial charge in [-0.05, 0) is 38.4 Å². The Kier molecular flexibility index (Phi) is 4.07. The van der Waals surface area contributed by atoms with Crippen molar-refractivity contribution in [2.45, 2.75) is 53.1 Å². The lowest BCUT2D eigenvalue weighted by atomic mass is 9.87. The van der Waals surface area contributed by atoms with E-state index in [1.807, 2.05) is 13.8 Å². The highest BCUT2D eigenvalue weighted by Gasteiger charge is 2.30. The summed E-state index contributed by atoms with van der Waals surface area (Å²) in [6, 6.07) is 0.901. The van der Waals surface area contributed by atoms with Crippen molar-refractivity contribution >= 4 is 11.8 Å². The van der Waals surface area contributed by atoms with Crippen molar-refractivity contribution in [2.75, 3.05) is 11.5 Å². The van der Waals surface area contributed by atoms with Crippen LogP contribution in [0.3, 0.4) is 0 Å². The monoisotopic (exact) mass is 268 g/mol. The Morgan fingerprint density at radius 1 is 1.44 bits per heavy atom. The molecule has 1 aliphatic heterocycles. The normalized spacial score (nSPS) is 25.1. The molecule has 1 saturated heterocycles. The molecule has 1 fully saturated rings. The van der Waals surface area contributed by atoms with E-state index in [1.54, 1.807) is 0 Å². The van der Waals surface area contributed by atoms with E-state index < -0.39 is 0 Å². The van der Waals surface area contributed by atoms with Gasteiger partial charge in [-0.15, -0.1) is 0 Å². The summed E-state index contributed by atoms with van der Waals surface area (Å²) in [4.78, 5) is 0. The fraction of sp³-hybridized carbons (Fsp3) is 0.786. The van der Waals surface area contributed by atoms with Crippen LogP contribution in [0.2, 0.25) is 0 Å². The van der Waals surface area contributed by atoms with Crippen LogP contribution < -0.4 is 5.32 Å². The highest BCUT2D eigenvalue weighted by molar-refractivity contribution is 7.99. The topological polar surface area (TPSA) is 38.1 Å². The third-order valence-corrected chi connectivity index (χ3v) is 5.24. The molecule has 102 valence electrons. The van der Waals surface area contributed by atoms with Gasteiger partial charge in [-0.2, -0.15) is 11.8 Å². The Morgan fingerprint density at radius 2 is 2.17 bits per heavy atom. The minimum Gasteiger partial charge on any atom is -0.361 e. The molecular formula is C14H24N2OS. The van der Waals surface area contributed by atoms with Gasteiger partial charge >= 0.3 is 0 Å². The average molecular weight is 268 g/mol. The van der Waals surface area contributed by atoms with Crippen LogP contribution >= 0.6 is 11.8 Å². The van der Waals surface area contributed by atoms with Gasteiger partial charge in [-0.25, -0.2) is 0 Å². The van der Waals surface area contributed by atoms with Crippen molar-refractivity contribution in [1.82, 2.24) is 10.5 Å². The second kappa shape index (κ2) is 5.25. The first-order valence-electron chi connectivity index (χ1n) is 6.65. The van der Waals surface area contributed by atoms with Crippen LogP contribution in [-0.4, -0.2) is 22.7 Å². The summed E-state index contributed by atoms with van der Waals surface area (Å²) >= 11 is 2.06. The molecule has 2 atom stereocenters. The van der Waals surface area contributed by atoms with Crippen LogP contribution in [0.5, 0.6) is 0 Å². The van der Waals surface area contributed by atoms with Crippen molar-refractivity contribution in [3.8, 4) is 0 Å². The summed E-state index contributed by atoms with van der Waals surface area (Å²) in [6.07, 6.45) is 1.24. The van der Waals surface area contributed by atoms with Gasteiger partial charge in [0.05, 0.1) is 5.69 Å². The molecule has 0 radical (unpaired) electrons. The number of nitrogens with zero attached hydrogens (tertiary/aromatic N) is 1. The van der Waals surface area contributed by atoms with E-state index >= 15 is 0 Å². The Bertz CT molecular complexity index is 394. The number of hydrogen-bond donors (Lipinski definition) is 1. The summed E-state index contributed by atoms with van der Waals surface area (Å²) in [7, 11) is 0. The van der Waals surface area contributed by atoms with Gasteiger partial charge in [-0.1, -0.05) is 19.0 Å². The number of aromatic nitrogens is 1. The maximum atomic E-state index is 5.25. The number of rotatable bonds is 3. The predicted octanol–water partition coefficient (Wildman–Crippen LogP) is 3.47. The van der Waals surface area contributed by atoms with Gasteiger partial charge in [0, 0.05) is 23.4 Å². The van der Waals surface area contributed by atoms with Crippen LogP contribution in [0.25, 0.3) is 0 Å². The Labute approximate surface area is 114 Å². The molecule has 1 N–H and O–H groups in total. The molecule has 1 aliphatic rings. The van der Waals surface area contributed by atoms with Crippen LogP contribution in [-0.2, 0) is 0 Å². The molecule has 0 bridgehead atoms. The quantitative estimate of drug-likeness (QED) is 0.911. The summed E-state index contributed by atoms with van der Waals surface area (Å²) in [6.45, 7) is 10.9. The molecule has 4 heteroatoms. The molecule has 3 nitrogen and oxygen atoms in total. The fourth-order valence-corrected chi connectivity index (χ4v) is 4.20. The lowest BCUT2D eigenvalue weighted by Crippen LogP contribution is -2.41. The molecule has 2 heterocycles. The Morgan fingerprint density at radius 3 is 2.72 bits per heavy atom. The highest BCUT2D eigenvalue weighted by Crippen LogP contribution is 2.34. The van der Waals surface area contributed by atoms with E-state index in [9.17, 15) is 0 Å². The molecule has 2 rings (SSSR count). The van der Waals surface area contributed by atoms with Crippen LogP contribution in [0.4, 0.5) is 0 Å². The van der Waals surface area contributed by atoms with Crippen LogP contribution in [0.15, 0.2) is 4.52 Å². The van der Waals surface area contributed by atoms with E-state index in [-0.39, 0.29) is 0 Å². The number of nitrogens with one attached hydrogen (secondary N) is 1.